The van der Waals surface area contributed by atoms with E-state index in [1.54, 1.807) is 6.92 Å². The van der Waals surface area contributed by atoms with Gasteiger partial charge in [0.15, 0.2) is 0 Å². The Morgan fingerprint density at radius 1 is 1.32 bits per heavy atom. The smallest absolute Gasteiger partial charge is 0.239 e. The van der Waals surface area contributed by atoms with Gasteiger partial charge in [-0.1, -0.05) is 0 Å². The number of likely N-dealkylation sites (tertiary alicyclic amines) is 1. The Labute approximate surface area is 117 Å². The molecule has 0 aliphatic carbocycles. The summed E-state index contributed by atoms with van der Waals surface area (Å²) in [6, 6.07) is -0.0177. The van der Waals surface area contributed by atoms with Gasteiger partial charge in [0.2, 0.25) is 5.91 Å². The molecule has 0 spiro atoms. The molecule has 2 N–H and O–H groups in total. The molecule has 0 aromatic heterocycles. The Kier molecular flexibility index (Phi) is 6.75. The third kappa shape index (κ3) is 5.47. The molecule has 1 fully saturated rings. The zero-order valence-corrected chi connectivity index (χ0v) is 12.9. The number of hydrogen-bond acceptors (Lipinski definition) is 4. The highest BCUT2D eigenvalue weighted by Crippen LogP contribution is 2.17. The number of rotatable bonds is 6. The van der Waals surface area contributed by atoms with Gasteiger partial charge in [-0.3, -0.25) is 4.79 Å². The van der Waals surface area contributed by atoms with Crippen molar-refractivity contribution in [1.29, 1.82) is 0 Å². The van der Waals surface area contributed by atoms with Crippen LogP contribution in [-0.2, 0) is 4.79 Å². The van der Waals surface area contributed by atoms with E-state index < -0.39 is 0 Å². The SMILES string of the molecule is C[C@H](N)C(=O)N(CCCN(C)C)C1CCN(C)CC1. The van der Waals surface area contributed by atoms with Crippen LogP contribution in [0.4, 0.5) is 0 Å². The highest BCUT2D eigenvalue weighted by atomic mass is 16.2. The van der Waals surface area contributed by atoms with Crippen LogP contribution in [0, 0.1) is 0 Å². The van der Waals surface area contributed by atoms with E-state index >= 15 is 0 Å². The predicted octanol–water partition coefficient (Wildman–Crippen LogP) is 0.208. The van der Waals surface area contributed by atoms with Crippen LogP contribution < -0.4 is 5.73 Å². The molecule has 0 aromatic carbocycles. The highest BCUT2D eigenvalue weighted by molar-refractivity contribution is 5.81. The first-order chi connectivity index (χ1) is 8.91. The average Bonchev–Trinajstić information content (AvgIpc) is 2.35. The Morgan fingerprint density at radius 3 is 2.37 bits per heavy atom. The number of carbonyl (C=O) groups is 1. The van der Waals surface area contributed by atoms with Crippen LogP contribution in [0.1, 0.15) is 26.2 Å². The molecule has 19 heavy (non-hydrogen) atoms. The molecule has 0 bridgehead atoms. The standard InChI is InChI=1S/C14H30N4O/c1-12(15)14(19)18(9-5-8-16(2)3)13-6-10-17(4)11-7-13/h12-13H,5-11,15H2,1-4H3/t12-/m0/s1. The minimum absolute atomic E-state index is 0.105. The first kappa shape index (κ1) is 16.4. The Balaban J connectivity index is 2.56. The molecule has 0 unspecified atom stereocenters. The first-order valence-electron chi connectivity index (χ1n) is 7.31. The normalized spacial score (nSPS) is 19.7. The van der Waals surface area contributed by atoms with Gasteiger partial charge in [0, 0.05) is 12.6 Å². The maximum absolute atomic E-state index is 12.3. The van der Waals surface area contributed by atoms with Crippen LogP contribution in [-0.4, -0.2) is 80.0 Å². The quantitative estimate of drug-likeness (QED) is 0.749. The van der Waals surface area contributed by atoms with E-state index in [1.165, 1.54) is 0 Å². The molecular weight excluding hydrogens is 240 g/mol. The molecule has 1 saturated heterocycles. The van der Waals surface area contributed by atoms with Crippen LogP contribution in [0.25, 0.3) is 0 Å². The molecule has 5 heteroatoms. The lowest BCUT2D eigenvalue weighted by Gasteiger charge is -2.38. The molecule has 1 amide bonds. The number of piperidine rings is 1. The number of hydrogen-bond donors (Lipinski definition) is 1. The van der Waals surface area contributed by atoms with Gasteiger partial charge in [0.1, 0.15) is 0 Å². The minimum Gasteiger partial charge on any atom is -0.338 e. The summed E-state index contributed by atoms with van der Waals surface area (Å²) < 4.78 is 0. The fourth-order valence-electron chi connectivity index (χ4n) is 2.60. The van der Waals surface area contributed by atoms with E-state index in [-0.39, 0.29) is 11.9 Å². The largest absolute Gasteiger partial charge is 0.338 e. The van der Waals surface area contributed by atoms with Crippen molar-refractivity contribution < 1.29 is 4.79 Å². The van der Waals surface area contributed by atoms with Crippen LogP contribution >= 0.6 is 0 Å². The van der Waals surface area contributed by atoms with E-state index in [9.17, 15) is 4.79 Å². The summed E-state index contributed by atoms with van der Waals surface area (Å²) in [5.41, 5.74) is 5.79. The second-order valence-corrected chi connectivity index (χ2v) is 6.01. The van der Waals surface area contributed by atoms with Crippen molar-refractivity contribution in [2.24, 2.45) is 5.73 Å². The topological polar surface area (TPSA) is 52.8 Å². The van der Waals surface area contributed by atoms with Crippen molar-refractivity contribution in [3.63, 3.8) is 0 Å². The number of amides is 1. The van der Waals surface area contributed by atoms with Crippen LogP contribution in [0.2, 0.25) is 0 Å². The summed E-state index contributed by atoms with van der Waals surface area (Å²) in [5, 5.41) is 0. The summed E-state index contributed by atoms with van der Waals surface area (Å²) in [6.07, 6.45) is 3.14. The zero-order chi connectivity index (χ0) is 14.4. The van der Waals surface area contributed by atoms with E-state index in [4.69, 9.17) is 5.73 Å². The zero-order valence-electron chi connectivity index (χ0n) is 12.9. The van der Waals surface area contributed by atoms with Gasteiger partial charge >= 0.3 is 0 Å². The molecule has 0 aromatic rings. The fraction of sp³-hybridized carbons (Fsp3) is 0.929. The molecule has 1 aliphatic heterocycles. The van der Waals surface area contributed by atoms with Gasteiger partial charge in [-0.25, -0.2) is 0 Å². The van der Waals surface area contributed by atoms with E-state index in [0.29, 0.717) is 6.04 Å². The van der Waals surface area contributed by atoms with Crippen molar-refractivity contribution in [3.8, 4) is 0 Å². The lowest BCUT2D eigenvalue weighted by atomic mass is 10.0. The van der Waals surface area contributed by atoms with Crippen molar-refractivity contribution in [3.05, 3.63) is 0 Å². The molecule has 1 atom stereocenters. The van der Waals surface area contributed by atoms with Gasteiger partial charge in [-0.2, -0.15) is 0 Å². The highest BCUT2D eigenvalue weighted by Gasteiger charge is 2.27. The molecule has 112 valence electrons. The van der Waals surface area contributed by atoms with Gasteiger partial charge < -0.3 is 20.4 Å². The summed E-state index contributed by atoms with van der Waals surface area (Å²) in [5.74, 6) is 0.105. The maximum atomic E-state index is 12.3. The molecule has 5 nitrogen and oxygen atoms in total. The van der Waals surface area contributed by atoms with Gasteiger partial charge in [-0.05, 0) is 67.0 Å². The minimum atomic E-state index is -0.390. The van der Waals surface area contributed by atoms with Crippen LogP contribution in [0.5, 0.6) is 0 Å². The molecular formula is C14H30N4O. The van der Waals surface area contributed by atoms with Crippen molar-refractivity contribution >= 4 is 5.91 Å². The van der Waals surface area contributed by atoms with Crippen molar-refractivity contribution in [1.82, 2.24) is 14.7 Å². The Bertz CT molecular complexity index is 273. The maximum Gasteiger partial charge on any atom is 0.239 e. The first-order valence-corrected chi connectivity index (χ1v) is 7.31. The van der Waals surface area contributed by atoms with E-state index in [0.717, 1.165) is 45.4 Å². The monoisotopic (exact) mass is 270 g/mol. The molecule has 1 aliphatic rings. The summed E-state index contributed by atoms with van der Waals surface area (Å²) in [4.78, 5) is 18.8. The lowest BCUT2D eigenvalue weighted by Crippen LogP contribution is -2.51. The summed E-state index contributed by atoms with van der Waals surface area (Å²) >= 11 is 0. The van der Waals surface area contributed by atoms with E-state index in [1.807, 2.05) is 4.90 Å². The van der Waals surface area contributed by atoms with Gasteiger partial charge in [0.25, 0.3) is 0 Å². The number of nitrogens with zero attached hydrogens (tertiary/aromatic N) is 3. The fourth-order valence-corrected chi connectivity index (χ4v) is 2.60. The van der Waals surface area contributed by atoms with Gasteiger partial charge in [-0.15, -0.1) is 0 Å². The molecule has 0 saturated carbocycles. The van der Waals surface area contributed by atoms with Gasteiger partial charge in [0.05, 0.1) is 6.04 Å². The Morgan fingerprint density at radius 2 is 1.89 bits per heavy atom. The van der Waals surface area contributed by atoms with Crippen LogP contribution in [0.15, 0.2) is 0 Å². The number of nitrogens with two attached hydrogens (primary N) is 1. The predicted molar refractivity (Wildman–Crippen MR) is 79.1 cm³/mol. The number of carbonyl (C=O) groups excluding carboxylic acids is 1. The average molecular weight is 270 g/mol. The van der Waals surface area contributed by atoms with E-state index in [2.05, 4.69) is 30.9 Å². The second kappa shape index (κ2) is 7.82. The summed E-state index contributed by atoms with van der Waals surface area (Å²) in [6.45, 7) is 5.76. The third-order valence-electron chi connectivity index (χ3n) is 3.81. The second-order valence-electron chi connectivity index (χ2n) is 6.01. The molecule has 1 heterocycles. The van der Waals surface area contributed by atoms with Crippen LogP contribution in [0.3, 0.4) is 0 Å². The van der Waals surface area contributed by atoms with Crippen molar-refractivity contribution in [2.45, 2.75) is 38.3 Å². The summed E-state index contributed by atoms with van der Waals surface area (Å²) in [7, 11) is 6.26. The lowest BCUT2D eigenvalue weighted by molar-refractivity contribution is -0.135. The van der Waals surface area contributed by atoms with Crippen molar-refractivity contribution in [2.75, 3.05) is 47.3 Å². The molecule has 1 rings (SSSR count). The Hall–Kier alpha value is -0.650. The molecule has 0 radical (unpaired) electrons. The third-order valence-corrected chi connectivity index (χ3v) is 3.81.